The molecule has 1 atom stereocenters. The highest BCUT2D eigenvalue weighted by atomic mass is 35.5. The molecule has 2 N–H and O–H groups in total. The largest absolute Gasteiger partial charge is 0.467 e. The van der Waals surface area contributed by atoms with Crippen LogP contribution in [-0.4, -0.2) is 6.54 Å². The van der Waals surface area contributed by atoms with Crippen LogP contribution in [0.1, 0.15) is 17.2 Å². The third-order valence-corrected chi connectivity index (χ3v) is 1.92. The SMILES string of the molecule is NCC1c2occ(Cl)c21. The summed E-state index contributed by atoms with van der Waals surface area (Å²) in [5, 5.41) is 0.723. The highest BCUT2D eigenvalue weighted by molar-refractivity contribution is 6.32. The van der Waals surface area contributed by atoms with Gasteiger partial charge >= 0.3 is 0 Å². The highest BCUT2D eigenvalue weighted by Crippen LogP contribution is 2.48. The molecule has 1 aliphatic rings. The summed E-state index contributed by atoms with van der Waals surface area (Å²) in [4.78, 5) is 0. The van der Waals surface area contributed by atoms with Gasteiger partial charge in [-0.25, -0.2) is 0 Å². The first kappa shape index (κ1) is 5.33. The molecule has 9 heavy (non-hydrogen) atoms. The second kappa shape index (κ2) is 1.52. The van der Waals surface area contributed by atoms with Crippen LogP contribution in [0.4, 0.5) is 0 Å². The molecule has 1 aromatic rings. The Morgan fingerprint density at radius 2 is 2.56 bits per heavy atom. The minimum Gasteiger partial charge on any atom is -0.467 e. The fourth-order valence-electron chi connectivity index (χ4n) is 1.08. The molecule has 0 spiro atoms. The van der Waals surface area contributed by atoms with Crippen LogP contribution in [0.15, 0.2) is 10.7 Å². The lowest BCUT2D eigenvalue weighted by molar-refractivity contribution is 0.531. The van der Waals surface area contributed by atoms with Gasteiger partial charge in [-0.15, -0.1) is 0 Å². The zero-order chi connectivity index (χ0) is 6.43. The van der Waals surface area contributed by atoms with Crippen molar-refractivity contribution >= 4 is 11.6 Å². The summed E-state index contributed by atoms with van der Waals surface area (Å²) >= 11 is 5.70. The molecular weight excluding hydrogens is 138 g/mol. The molecule has 1 aliphatic carbocycles. The molecule has 0 aromatic carbocycles. The van der Waals surface area contributed by atoms with Crippen molar-refractivity contribution in [2.45, 2.75) is 5.92 Å². The molecule has 0 bridgehead atoms. The van der Waals surface area contributed by atoms with Gasteiger partial charge in [-0.2, -0.15) is 0 Å². The Balaban J connectivity index is 2.36. The fraction of sp³-hybridized carbons (Fsp3) is 0.333. The normalized spacial score (nSPS) is 21.8. The number of fused-ring (bicyclic) bond motifs is 1. The van der Waals surface area contributed by atoms with Crippen molar-refractivity contribution in [3.05, 3.63) is 22.6 Å². The molecule has 0 saturated heterocycles. The molecule has 1 heterocycles. The predicted molar refractivity (Wildman–Crippen MR) is 34.6 cm³/mol. The lowest BCUT2D eigenvalue weighted by atomic mass is 10.3. The van der Waals surface area contributed by atoms with Gasteiger partial charge in [-0.3, -0.25) is 0 Å². The summed E-state index contributed by atoms with van der Waals surface area (Å²) in [5.41, 5.74) is 6.49. The van der Waals surface area contributed by atoms with Crippen LogP contribution in [-0.2, 0) is 0 Å². The third kappa shape index (κ3) is 0.546. The van der Waals surface area contributed by atoms with E-state index in [0.29, 0.717) is 12.5 Å². The zero-order valence-electron chi connectivity index (χ0n) is 4.73. The average molecular weight is 144 g/mol. The lowest BCUT2D eigenvalue weighted by Crippen LogP contribution is -1.99. The summed E-state index contributed by atoms with van der Waals surface area (Å²) in [5.74, 6) is 1.31. The molecule has 2 rings (SSSR count). The minimum atomic E-state index is 0.336. The van der Waals surface area contributed by atoms with E-state index in [1.165, 1.54) is 0 Å². The number of rotatable bonds is 1. The lowest BCUT2D eigenvalue weighted by Gasteiger charge is -1.86. The Labute approximate surface area is 57.6 Å². The van der Waals surface area contributed by atoms with Crippen LogP contribution in [0, 0.1) is 0 Å². The predicted octanol–water partition coefficient (Wildman–Crippen LogP) is 1.34. The smallest absolute Gasteiger partial charge is 0.118 e. The van der Waals surface area contributed by atoms with E-state index in [0.717, 1.165) is 16.3 Å². The van der Waals surface area contributed by atoms with Gasteiger partial charge in [0.05, 0.1) is 10.9 Å². The Hall–Kier alpha value is -0.470. The van der Waals surface area contributed by atoms with Gasteiger partial charge in [-0.1, -0.05) is 11.6 Å². The van der Waals surface area contributed by atoms with Crippen molar-refractivity contribution in [2.24, 2.45) is 5.73 Å². The summed E-state index contributed by atoms with van der Waals surface area (Å²) in [6, 6.07) is 0. The van der Waals surface area contributed by atoms with Gasteiger partial charge in [0.2, 0.25) is 0 Å². The molecule has 0 amide bonds. The van der Waals surface area contributed by atoms with Crippen molar-refractivity contribution in [1.82, 2.24) is 0 Å². The van der Waals surface area contributed by atoms with Crippen molar-refractivity contribution in [1.29, 1.82) is 0 Å². The van der Waals surface area contributed by atoms with Crippen LogP contribution in [0.5, 0.6) is 0 Å². The first-order valence-electron chi connectivity index (χ1n) is 2.81. The highest BCUT2D eigenvalue weighted by Gasteiger charge is 2.38. The number of hydrogen-bond acceptors (Lipinski definition) is 2. The maximum atomic E-state index is 5.70. The zero-order valence-corrected chi connectivity index (χ0v) is 5.48. The molecule has 48 valence electrons. The molecular formula is C6H6ClNO. The van der Waals surface area contributed by atoms with E-state index in [9.17, 15) is 0 Å². The molecule has 1 unspecified atom stereocenters. The molecule has 0 fully saturated rings. The molecule has 3 heteroatoms. The van der Waals surface area contributed by atoms with Crippen LogP contribution in [0.2, 0.25) is 5.02 Å². The standard InChI is InChI=1S/C6H6ClNO/c7-4-2-9-6-3(1-8)5(4)6/h2-3H,1,8H2. The van der Waals surface area contributed by atoms with E-state index in [1.807, 2.05) is 0 Å². The van der Waals surface area contributed by atoms with Gasteiger partial charge in [0, 0.05) is 12.1 Å². The number of hydrogen-bond donors (Lipinski definition) is 1. The first-order valence-corrected chi connectivity index (χ1v) is 3.19. The second-order valence-corrected chi connectivity index (χ2v) is 2.56. The van der Waals surface area contributed by atoms with E-state index in [-0.39, 0.29) is 0 Å². The average Bonchev–Trinajstić information content (AvgIpc) is 2.46. The molecule has 0 radical (unpaired) electrons. The maximum Gasteiger partial charge on any atom is 0.118 e. The van der Waals surface area contributed by atoms with Gasteiger partial charge in [-0.05, 0) is 0 Å². The first-order chi connectivity index (χ1) is 4.34. The van der Waals surface area contributed by atoms with Crippen LogP contribution in [0.3, 0.4) is 0 Å². The van der Waals surface area contributed by atoms with E-state index in [4.69, 9.17) is 21.8 Å². The monoisotopic (exact) mass is 143 g/mol. The van der Waals surface area contributed by atoms with Crippen LogP contribution in [0.25, 0.3) is 0 Å². The maximum absolute atomic E-state index is 5.70. The van der Waals surface area contributed by atoms with Gasteiger partial charge in [0.15, 0.2) is 0 Å². The topological polar surface area (TPSA) is 39.2 Å². The summed E-state index contributed by atoms with van der Waals surface area (Å²) in [6.07, 6.45) is 1.55. The Kier molecular flexibility index (Phi) is 0.900. The van der Waals surface area contributed by atoms with E-state index in [1.54, 1.807) is 6.26 Å². The van der Waals surface area contributed by atoms with Gasteiger partial charge in [0.25, 0.3) is 0 Å². The van der Waals surface area contributed by atoms with Gasteiger partial charge < -0.3 is 10.2 Å². The third-order valence-electron chi connectivity index (χ3n) is 1.63. The van der Waals surface area contributed by atoms with E-state index in [2.05, 4.69) is 0 Å². The second-order valence-electron chi connectivity index (χ2n) is 2.15. The Bertz CT molecular complexity index is 243. The van der Waals surface area contributed by atoms with Crippen molar-refractivity contribution in [3.63, 3.8) is 0 Å². The minimum absolute atomic E-state index is 0.336. The Morgan fingerprint density at radius 3 is 2.89 bits per heavy atom. The summed E-state index contributed by atoms with van der Waals surface area (Å²) in [7, 11) is 0. The van der Waals surface area contributed by atoms with E-state index < -0.39 is 0 Å². The number of nitrogens with two attached hydrogens (primary N) is 1. The fourth-order valence-corrected chi connectivity index (χ4v) is 1.35. The quantitative estimate of drug-likeness (QED) is 0.645. The molecule has 2 nitrogen and oxygen atoms in total. The van der Waals surface area contributed by atoms with Crippen LogP contribution >= 0.6 is 11.6 Å². The summed E-state index contributed by atoms with van der Waals surface area (Å²) < 4.78 is 5.05. The number of furan rings is 1. The molecule has 0 aliphatic heterocycles. The van der Waals surface area contributed by atoms with Gasteiger partial charge in [0.1, 0.15) is 12.0 Å². The van der Waals surface area contributed by atoms with Crippen molar-refractivity contribution in [2.75, 3.05) is 6.54 Å². The number of halogens is 1. The summed E-state index contributed by atoms with van der Waals surface area (Å²) in [6.45, 7) is 0.620. The molecule has 1 aromatic heterocycles. The Morgan fingerprint density at radius 1 is 1.78 bits per heavy atom. The van der Waals surface area contributed by atoms with Crippen molar-refractivity contribution < 1.29 is 4.42 Å². The van der Waals surface area contributed by atoms with Crippen LogP contribution < -0.4 is 5.73 Å². The van der Waals surface area contributed by atoms with Crippen molar-refractivity contribution in [3.8, 4) is 0 Å². The molecule has 0 saturated carbocycles. The van der Waals surface area contributed by atoms with E-state index >= 15 is 0 Å².